The van der Waals surface area contributed by atoms with E-state index in [-0.39, 0.29) is 17.8 Å². The van der Waals surface area contributed by atoms with Crippen LogP contribution in [0, 0.1) is 12.3 Å². The van der Waals surface area contributed by atoms with Crippen LogP contribution in [0.5, 0.6) is 0 Å². The molecule has 1 amide bonds. The van der Waals surface area contributed by atoms with Crippen LogP contribution in [-0.4, -0.2) is 87.7 Å². The molecule has 0 aliphatic carbocycles. The number of hydrogen-bond acceptors (Lipinski definition) is 9. The van der Waals surface area contributed by atoms with E-state index < -0.39 is 30.3 Å². The second kappa shape index (κ2) is 7.13. The SMILES string of the molecule is C#Cc1nc(NC2CN(C)C2)c2ncn([C@@H]3O[C@H](C(=O)NC)[C@H]4OC(C)(C)O[C@H]43)c2n1. The van der Waals surface area contributed by atoms with Crippen LogP contribution >= 0.6 is 0 Å². The minimum atomic E-state index is -0.845. The summed E-state index contributed by atoms with van der Waals surface area (Å²) in [6, 6.07) is 0.260. The number of anilines is 1. The first-order chi connectivity index (χ1) is 14.8. The number of likely N-dealkylation sites (tertiary alicyclic amines) is 1. The molecule has 0 spiro atoms. The summed E-state index contributed by atoms with van der Waals surface area (Å²) in [6.07, 6.45) is 4.66. The van der Waals surface area contributed by atoms with Gasteiger partial charge < -0.3 is 29.7 Å². The molecule has 5 rings (SSSR count). The molecule has 5 heterocycles. The molecule has 0 unspecified atom stereocenters. The van der Waals surface area contributed by atoms with Crippen molar-refractivity contribution >= 4 is 22.9 Å². The third kappa shape index (κ3) is 3.32. The van der Waals surface area contributed by atoms with Gasteiger partial charge >= 0.3 is 0 Å². The van der Waals surface area contributed by atoms with E-state index in [9.17, 15) is 4.79 Å². The van der Waals surface area contributed by atoms with E-state index in [0.717, 1.165) is 13.1 Å². The number of nitrogens with zero attached hydrogens (tertiary/aromatic N) is 5. The van der Waals surface area contributed by atoms with Gasteiger partial charge in [0.05, 0.1) is 12.4 Å². The fraction of sp³-hybridized carbons (Fsp3) is 0.600. The number of hydrogen-bond donors (Lipinski definition) is 2. The minimum Gasteiger partial charge on any atom is -0.363 e. The predicted molar refractivity (Wildman–Crippen MR) is 110 cm³/mol. The lowest BCUT2D eigenvalue weighted by Gasteiger charge is -2.36. The Morgan fingerprint density at radius 2 is 2.03 bits per heavy atom. The van der Waals surface area contributed by atoms with Gasteiger partial charge in [-0.05, 0) is 26.8 Å². The Morgan fingerprint density at radius 1 is 1.29 bits per heavy atom. The highest BCUT2D eigenvalue weighted by Gasteiger charge is 2.58. The number of carbonyl (C=O) groups is 1. The van der Waals surface area contributed by atoms with Gasteiger partial charge in [0.1, 0.15) is 12.2 Å². The van der Waals surface area contributed by atoms with Crippen LogP contribution in [-0.2, 0) is 19.0 Å². The molecule has 3 saturated heterocycles. The number of amides is 1. The summed E-state index contributed by atoms with van der Waals surface area (Å²) in [5.41, 5.74) is 1.09. The number of imidazole rings is 1. The second-order valence-electron chi connectivity index (χ2n) is 8.55. The number of ether oxygens (including phenoxy) is 3. The minimum absolute atomic E-state index is 0.241. The fourth-order valence-corrected chi connectivity index (χ4v) is 4.41. The number of aromatic nitrogens is 4. The van der Waals surface area contributed by atoms with Crippen molar-refractivity contribution in [3.05, 3.63) is 12.2 Å². The van der Waals surface area contributed by atoms with Crippen LogP contribution in [0.3, 0.4) is 0 Å². The predicted octanol–water partition coefficient (Wildman–Crippen LogP) is -0.303. The molecule has 2 aromatic heterocycles. The smallest absolute Gasteiger partial charge is 0.251 e. The normalized spacial score (nSPS) is 30.0. The Bertz CT molecular complexity index is 1070. The van der Waals surface area contributed by atoms with Crippen molar-refractivity contribution in [2.45, 2.75) is 50.2 Å². The topological polar surface area (TPSA) is 116 Å². The third-order valence-corrected chi connectivity index (χ3v) is 5.76. The molecule has 0 radical (unpaired) electrons. The number of nitrogens with one attached hydrogen (secondary N) is 2. The molecule has 3 aliphatic rings. The van der Waals surface area contributed by atoms with Gasteiger partial charge in [-0.1, -0.05) is 0 Å². The van der Waals surface area contributed by atoms with Gasteiger partial charge in [0.15, 0.2) is 35.1 Å². The number of terminal acetylenes is 1. The Hall–Kier alpha value is -2.78. The van der Waals surface area contributed by atoms with E-state index in [2.05, 4.69) is 43.5 Å². The van der Waals surface area contributed by atoms with Gasteiger partial charge in [0, 0.05) is 20.1 Å². The summed E-state index contributed by atoms with van der Waals surface area (Å²) in [5, 5.41) is 6.03. The van der Waals surface area contributed by atoms with E-state index in [1.54, 1.807) is 17.9 Å². The van der Waals surface area contributed by atoms with E-state index in [0.29, 0.717) is 17.0 Å². The van der Waals surface area contributed by atoms with Crippen LogP contribution in [0.2, 0.25) is 0 Å². The molecule has 31 heavy (non-hydrogen) atoms. The van der Waals surface area contributed by atoms with Gasteiger partial charge in [0.2, 0.25) is 5.82 Å². The first-order valence-corrected chi connectivity index (χ1v) is 10.2. The quantitative estimate of drug-likeness (QED) is 0.634. The molecule has 3 fully saturated rings. The maximum atomic E-state index is 12.4. The van der Waals surface area contributed by atoms with Crippen molar-refractivity contribution in [3.63, 3.8) is 0 Å². The molecule has 2 N–H and O–H groups in total. The van der Waals surface area contributed by atoms with Crippen molar-refractivity contribution in [3.8, 4) is 12.3 Å². The van der Waals surface area contributed by atoms with Crippen LogP contribution in [0.1, 0.15) is 25.9 Å². The zero-order valence-corrected chi connectivity index (χ0v) is 17.8. The van der Waals surface area contributed by atoms with Gasteiger partial charge in [-0.15, -0.1) is 6.42 Å². The molecule has 164 valence electrons. The molecule has 4 atom stereocenters. The summed E-state index contributed by atoms with van der Waals surface area (Å²) < 4.78 is 19.9. The number of fused-ring (bicyclic) bond motifs is 2. The average Bonchev–Trinajstić information content (AvgIpc) is 3.36. The summed E-state index contributed by atoms with van der Waals surface area (Å²) >= 11 is 0. The largest absolute Gasteiger partial charge is 0.363 e. The molecule has 0 bridgehead atoms. The highest BCUT2D eigenvalue weighted by atomic mass is 16.8. The molecule has 0 aromatic carbocycles. The summed E-state index contributed by atoms with van der Waals surface area (Å²) in [4.78, 5) is 28.1. The number of rotatable bonds is 4. The average molecular weight is 427 g/mol. The lowest BCUT2D eigenvalue weighted by Crippen LogP contribution is -2.52. The summed E-state index contributed by atoms with van der Waals surface area (Å²) in [6.45, 7) is 5.43. The van der Waals surface area contributed by atoms with E-state index in [1.165, 1.54) is 0 Å². The van der Waals surface area contributed by atoms with Crippen molar-refractivity contribution in [1.82, 2.24) is 29.7 Å². The highest BCUT2D eigenvalue weighted by molar-refractivity contribution is 5.84. The first kappa shape index (κ1) is 20.1. The second-order valence-corrected chi connectivity index (χ2v) is 8.55. The first-order valence-electron chi connectivity index (χ1n) is 10.2. The van der Waals surface area contributed by atoms with E-state index in [1.807, 2.05) is 13.8 Å². The molecular weight excluding hydrogens is 402 g/mol. The zero-order chi connectivity index (χ0) is 21.9. The maximum absolute atomic E-state index is 12.4. The molecular formula is C20H25N7O4. The molecule has 11 heteroatoms. The highest BCUT2D eigenvalue weighted by Crippen LogP contribution is 2.44. The van der Waals surface area contributed by atoms with Gasteiger partial charge in [-0.2, -0.15) is 0 Å². The molecule has 2 aromatic rings. The fourth-order valence-electron chi connectivity index (χ4n) is 4.41. The Morgan fingerprint density at radius 3 is 2.71 bits per heavy atom. The van der Waals surface area contributed by atoms with Gasteiger partial charge in [-0.3, -0.25) is 9.36 Å². The van der Waals surface area contributed by atoms with E-state index >= 15 is 0 Å². The Labute approximate surface area is 179 Å². The van der Waals surface area contributed by atoms with E-state index in [4.69, 9.17) is 20.6 Å². The lowest BCUT2D eigenvalue weighted by molar-refractivity contribution is -0.197. The van der Waals surface area contributed by atoms with Crippen molar-refractivity contribution in [2.24, 2.45) is 0 Å². The van der Waals surface area contributed by atoms with Crippen molar-refractivity contribution < 1.29 is 19.0 Å². The van der Waals surface area contributed by atoms with Crippen LogP contribution in [0.4, 0.5) is 5.82 Å². The van der Waals surface area contributed by atoms with Crippen molar-refractivity contribution in [2.75, 3.05) is 32.5 Å². The molecule has 0 saturated carbocycles. The van der Waals surface area contributed by atoms with Crippen LogP contribution in [0.25, 0.3) is 11.2 Å². The maximum Gasteiger partial charge on any atom is 0.251 e. The molecule has 11 nitrogen and oxygen atoms in total. The van der Waals surface area contributed by atoms with Crippen molar-refractivity contribution in [1.29, 1.82) is 0 Å². The Balaban J connectivity index is 1.54. The third-order valence-electron chi connectivity index (χ3n) is 5.76. The molecule has 3 aliphatic heterocycles. The lowest BCUT2D eigenvalue weighted by atomic mass is 10.1. The summed E-state index contributed by atoms with van der Waals surface area (Å²) in [5.74, 6) is 2.20. The van der Waals surface area contributed by atoms with Crippen LogP contribution in [0.15, 0.2) is 6.33 Å². The number of likely N-dealkylation sites (N-methyl/N-ethyl adjacent to an activating group) is 2. The number of carbonyl (C=O) groups excluding carboxylic acids is 1. The monoisotopic (exact) mass is 427 g/mol. The van der Waals surface area contributed by atoms with Gasteiger partial charge in [-0.25, -0.2) is 15.0 Å². The van der Waals surface area contributed by atoms with Gasteiger partial charge in [0.25, 0.3) is 5.91 Å². The van der Waals surface area contributed by atoms with Crippen LogP contribution < -0.4 is 10.6 Å². The zero-order valence-electron chi connectivity index (χ0n) is 17.8. The Kier molecular flexibility index (Phi) is 4.63. The summed E-state index contributed by atoms with van der Waals surface area (Å²) in [7, 11) is 3.61. The standard InChI is InChI=1S/C20H25N7O4/c1-6-11-24-16(23-10-7-26(5)8-10)12-17(25-11)27(9-22-12)19-15-13(30-20(2,3)31-15)14(29-19)18(28)21-4/h1,9-10,13-15,19H,7-8H2,2-5H3,(H,21,28)(H,23,24,25)/t13-,14+,15-,19-/m1/s1.